The van der Waals surface area contributed by atoms with Gasteiger partial charge in [0.1, 0.15) is 6.04 Å². The number of nitrogens with one attached hydrogen (secondary N) is 3. The summed E-state index contributed by atoms with van der Waals surface area (Å²) < 4.78 is 1.77. The van der Waals surface area contributed by atoms with Crippen LogP contribution in [0.25, 0.3) is 21.9 Å². The Morgan fingerprint density at radius 2 is 1.71 bits per heavy atom. The molecule has 2 aromatic carbocycles. The van der Waals surface area contributed by atoms with Gasteiger partial charge in [0.15, 0.2) is 0 Å². The van der Waals surface area contributed by atoms with Gasteiger partial charge in [-0.25, -0.2) is 9.59 Å². The highest BCUT2D eigenvalue weighted by Crippen LogP contribution is 2.29. The summed E-state index contributed by atoms with van der Waals surface area (Å²) in [7, 11) is 0. The van der Waals surface area contributed by atoms with Gasteiger partial charge in [0.25, 0.3) is 0 Å². The fraction of sp³-hybridized carbons (Fsp3) is 0.444. The fourth-order valence-electron chi connectivity index (χ4n) is 7.72. The lowest BCUT2D eigenvalue weighted by molar-refractivity contribution is -0.134. The summed E-state index contributed by atoms with van der Waals surface area (Å²) in [5.41, 5.74) is 9.72. The molecule has 256 valence electrons. The average Bonchev–Trinajstić information content (AvgIpc) is 3.49. The van der Waals surface area contributed by atoms with Crippen LogP contribution in [0.2, 0.25) is 5.02 Å². The van der Waals surface area contributed by atoms with Crippen LogP contribution in [0.3, 0.4) is 0 Å². The highest BCUT2D eigenvalue weighted by molar-refractivity contribution is 6.33. The van der Waals surface area contributed by atoms with Crippen molar-refractivity contribution in [2.24, 2.45) is 0 Å². The molecule has 3 amide bonds. The molecule has 5 heterocycles. The summed E-state index contributed by atoms with van der Waals surface area (Å²) in [4.78, 5) is 54.7. The van der Waals surface area contributed by atoms with Crippen LogP contribution in [-0.2, 0) is 11.2 Å². The lowest BCUT2D eigenvalue weighted by Gasteiger charge is -2.41. The second kappa shape index (κ2) is 14.1. The minimum absolute atomic E-state index is 0.0956. The number of hydrogen-bond acceptors (Lipinski definition) is 7. The number of nitrogen functional groups attached to an aromatic ring is 1. The van der Waals surface area contributed by atoms with Crippen LogP contribution in [0.4, 0.5) is 10.5 Å². The number of para-hydroxylation sites is 1. The second-order valence-corrected chi connectivity index (χ2v) is 13.7. The maximum atomic E-state index is 14.1. The number of benzene rings is 2. The van der Waals surface area contributed by atoms with E-state index in [9.17, 15) is 14.4 Å². The van der Waals surface area contributed by atoms with E-state index in [0.29, 0.717) is 61.3 Å². The van der Waals surface area contributed by atoms with Crippen molar-refractivity contribution < 1.29 is 9.59 Å². The van der Waals surface area contributed by atoms with Crippen molar-refractivity contribution in [2.45, 2.75) is 50.2 Å². The molecule has 0 unspecified atom stereocenters. The zero-order valence-corrected chi connectivity index (χ0v) is 28.2. The monoisotopic (exact) mass is 683 g/mol. The van der Waals surface area contributed by atoms with E-state index in [1.165, 1.54) is 0 Å². The van der Waals surface area contributed by atoms with Gasteiger partial charge in [0.05, 0.1) is 33.5 Å². The van der Waals surface area contributed by atoms with Crippen LogP contribution in [0.5, 0.6) is 0 Å². The largest absolute Gasteiger partial charge is 0.397 e. The van der Waals surface area contributed by atoms with E-state index in [4.69, 9.17) is 23.8 Å². The maximum absolute atomic E-state index is 14.1. The van der Waals surface area contributed by atoms with Crippen LogP contribution in [0.1, 0.15) is 42.9 Å². The number of carbonyl (C=O) groups excluding carboxylic acids is 2. The van der Waals surface area contributed by atoms with E-state index in [-0.39, 0.29) is 30.1 Å². The Labute approximate surface area is 289 Å². The molecular formula is C36H42ClN9O3. The molecule has 49 heavy (non-hydrogen) atoms. The van der Waals surface area contributed by atoms with Crippen LogP contribution in [-0.4, -0.2) is 106 Å². The Morgan fingerprint density at radius 1 is 1.02 bits per heavy atom. The molecule has 7 rings (SSSR count). The number of piperazine rings is 1. The number of pyridine rings is 1. The second-order valence-electron chi connectivity index (χ2n) is 13.3. The summed E-state index contributed by atoms with van der Waals surface area (Å²) in [6.07, 6.45) is 10.6. The summed E-state index contributed by atoms with van der Waals surface area (Å²) in [5, 5.41) is 7.67. The van der Waals surface area contributed by atoms with Gasteiger partial charge >= 0.3 is 11.7 Å². The standard InChI is InChI=1S/C36H42ClN9O3/c1-2-24-19-23(20-28(37)32(24)38)21-30(34(47)44-13-7-25(8-14-44)43-17-11-39-12-18-43)41-35(48)45-15-9-26(10-16-45)46-31-22-40-29-6-4-3-5-27(29)33(31)42-36(46)49/h1,3-6,19-20,22,25-26,30,39H,7-18,21,38H2,(H,41,48)(H,42,49)/t30-/m1/s1. The number of likely N-dealkylation sites (tertiary alicyclic amines) is 2. The van der Waals surface area contributed by atoms with E-state index >= 15 is 0 Å². The smallest absolute Gasteiger partial charge is 0.326 e. The summed E-state index contributed by atoms with van der Waals surface area (Å²) >= 11 is 6.41. The molecule has 0 radical (unpaired) electrons. The molecule has 3 saturated heterocycles. The number of aromatic nitrogens is 3. The van der Waals surface area contributed by atoms with Gasteiger partial charge < -0.3 is 31.2 Å². The minimum Gasteiger partial charge on any atom is -0.397 e. The molecule has 1 atom stereocenters. The van der Waals surface area contributed by atoms with Crippen molar-refractivity contribution in [2.75, 3.05) is 58.1 Å². The zero-order valence-electron chi connectivity index (χ0n) is 27.5. The number of fused-ring (bicyclic) bond motifs is 3. The first-order valence-corrected chi connectivity index (χ1v) is 17.5. The molecule has 0 saturated carbocycles. The van der Waals surface area contributed by atoms with Crippen LogP contribution in [0.15, 0.2) is 47.4 Å². The van der Waals surface area contributed by atoms with Crippen molar-refractivity contribution in [3.63, 3.8) is 0 Å². The molecular weight excluding hydrogens is 642 g/mol. The Balaban J connectivity index is 1.05. The van der Waals surface area contributed by atoms with E-state index in [0.717, 1.165) is 66.5 Å². The van der Waals surface area contributed by atoms with Crippen molar-refractivity contribution in [3.05, 3.63) is 69.2 Å². The maximum Gasteiger partial charge on any atom is 0.326 e. The van der Waals surface area contributed by atoms with Crippen molar-refractivity contribution in [3.8, 4) is 12.3 Å². The van der Waals surface area contributed by atoms with Crippen LogP contribution in [0, 0.1) is 12.3 Å². The molecule has 3 aliphatic rings. The number of rotatable bonds is 6. The number of piperidine rings is 2. The minimum atomic E-state index is -0.818. The molecule has 0 bridgehead atoms. The van der Waals surface area contributed by atoms with E-state index < -0.39 is 6.04 Å². The van der Waals surface area contributed by atoms with Gasteiger partial charge in [-0.15, -0.1) is 6.42 Å². The first kappa shape index (κ1) is 33.0. The summed E-state index contributed by atoms with van der Waals surface area (Å²) in [6, 6.07) is 10.4. The normalized spacial score (nSPS) is 18.9. The highest BCUT2D eigenvalue weighted by Gasteiger charge is 2.34. The number of H-pyrrole nitrogens is 1. The summed E-state index contributed by atoms with van der Waals surface area (Å²) in [6.45, 7) is 6.14. The van der Waals surface area contributed by atoms with Gasteiger partial charge in [-0.1, -0.05) is 35.7 Å². The first-order valence-electron chi connectivity index (χ1n) is 17.1. The number of nitrogens with zero attached hydrogens (tertiary/aromatic N) is 5. The highest BCUT2D eigenvalue weighted by atomic mass is 35.5. The first-order chi connectivity index (χ1) is 23.8. The van der Waals surface area contributed by atoms with Gasteiger partial charge in [0.2, 0.25) is 5.91 Å². The zero-order chi connectivity index (χ0) is 34.1. The molecule has 0 spiro atoms. The molecule has 13 heteroatoms. The molecule has 5 N–H and O–H groups in total. The van der Waals surface area contributed by atoms with E-state index in [1.807, 2.05) is 29.2 Å². The van der Waals surface area contributed by atoms with Crippen molar-refractivity contribution >= 4 is 51.2 Å². The third kappa shape index (κ3) is 6.71. The Morgan fingerprint density at radius 3 is 2.45 bits per heavy atom. The van der Waals surface area contributed by atoms with E-state index in [2.05, 4.69) is 31.4 Å². The third-order valence-electron chi connectivity index (χ3n) is 10.4. The number of nitrogens with two attached hydrogens (primary N) is 1. The lowest BCUT2D eigenvalue weighted by Crippen LogP contribution is -2.57. The number of amides is 3. The van der Waals surface area contributed by atoms with Gasteiger partial charge in [-0.2, -0.15) is 0 Å². The number of anilines is 1. The predicted molar refractivity (Wildman–Crippen MR) is 192 cm³/mol. The molecule has 3 fully saturated rings. The van der Waals surface area contributed by atoms with Gasteiger partial charge in [0, 0.05) is 81.8 Å². The van der Waals surface area contributed by atoms with Crippen molar-refractivity contribution in [1.29, 1.82) is 0 Å². The molecule has 0 aliphatic carbocycles. The Hall–Kier alpha value is -4.57. The van der Waals surface area contributed by atoms with E-state index in [1.54, 1.807) is 27.8 Å². The number of aromatic amines is 1. The predicted octanol–water partition coefficient (Wildman–Crippen LogP) is 2.95. The number of urea groups is 1. The number of hydrogen-bond donors (Lipinski definition) is 4. The third-order valence-corrected chi connectivity index (χ3v) is 10.7. The fourth-order valence-corrected chi connectivity index (χ4v) is 7.96. The molecule has 2 aromatic heterocycles. The molecule has 12 nitrogen and oxygen atoms in total. The Kier molecular flexibility index (Phi) is 9.49. The molecule has 4 aromatic rings. The number of terminal acetylenes is 1. The van der Waals surface area contributed by atoms with Crippen molar-refractivity contribution in [1.82, 2.24) is 39.9 Å². The SMILES string of the molecule is C#Cc1cc(C[C@@H](NC(=O)N2CCC(n3c(=O)[nH]c4c5ccccc5ncc43)CC2)C(=O)N2CCC(N3CCNCC3)CC2)cc(Cl)c1N. The number of halogens is 1. The number of carbonyl (C=O) groups is 2. The Bertz CT molecular complexity index is 1960. The van der Waals surface area contributed by atoms with Gasteiger partial charge in [-0.05, 0) is 49.4 Å². The quantitative estimate of drug-likeness (QED) is 0.181. The average molecular weight is 684 g/mol. The van der Waals surface area contributed by atoms with Crippen LogP contribution >= 0.6 is 11.6 Å². The van der Waals surface area contributed by atoms with Gasteiger partial charge in [-0.3, -0.25) is 19.2 Å². The molecule has 3 aliphatic heterocycles. The topological polar surface area (TPSA) is 145 Å². The van der Waals surface area contributed by atoms with Crippen LogP contribution < -0.4 is 22.1 Å². The summed E-state index contributed by atoms with van der Waals surface area (Å²) in [5.74, 6) is 2.45. The number of imidazole rings is 1. The lowest BCUT2D eigenvalue weighted by atomic mass is 9.98.